The zero-order valence-electron chi connectivity index (χ0n) is 13.1. The van der Waals surface area contributed by atoms with Gasteiger partial charge in [0.2, 0.25) is 5.89 Å². The monoisotopic (exact) mass is 281 g/mol. The van der Waals surface area contributed by atoms with Crippen LogP contribution in [0.5, 0.6) is 0 Å². The third-order valence-corrected chi connectivity index (χ3v) is 2.93. The van der Waals surface area contributed by atoms with E-state index in [-0.39, 0.29) is 0 Å². The van der Waals surface area contributed by atoms with Crippen molar-refractivity contribution in [1.29, 1.82) is 0 Å². The zero-order chi connectivity index (χ0) is 14.8. The molecule has 0 fully saturated rings. The van der Waals surface area contributed by atoms with Gasteiger partial charge in [-0.25, -0.2) is 0 Å². The van der Waals surface area contributed by atoms with E-state index in [1.807, 2.05) is 0 Å². The molecule has 0 aliphatic carbocycles. The molecule has 0 saturated carbocycles. The summed E-state index contributed by atoms with van der Waals surface area (Å²) < 4.78 is 5.19. The van der Waals surface area contributed by atoms with Gasteiger partial charge in [0.1, 0.15) is 0 Å². The lowest BCUT2D eigenvalue weighted by Gasteiger charge is -2.10. The maximum absolute atomic E-state index is 5.19. The first-order chi connectivity index (χ1) is 9.67. The predicted octanol–water partition coefficient (Wildman–Crippen LogP) is 2.09. The maximum atomic E-state index is 5.19. The second-order valence-electron chi connectivity index (χ2n) is 5.08. The number of guanidine groups is 1. The standard InChI is InChI=1S/C14H27N5O/c1-5-6-7-9-16-14(15-4)17-10-8-12-18-13(11(2)3)19-20-12/h11H,5-10H2,1-4H3,(H2,15,16,17). The van der Waals surface area contributed by atoms with Gasteiger partial charge in [-0.3, -0.25) is 4.99 Å². The predicted molar refractivity (Wildman–Crippen MR) is 81.0 cm³/mol. The molecule has 1 rings (SSSR count). The van der Waals surface area contributed by atoms with E-state index in [0.717, 1.165) is 24.9 Å². The highest BCUT2D eigenvalue weighted by atomic mass is 16.5. The summed E-state index contributed by atoms with van der Waals surface area (Å²) in [5.74, 6) is 2.56. The van der Waals surface area contributed by atoms with Crippen molar-refractivity contribution in [2.45, 2.75) is 52.4 Å². The molecule has 1 aromatic rings. The van der Waals surface area contributed by atoms with E-state index in [0.29, 0.717) is 18.2 Å². The van der Waals surface area contributed by atoms with Crippen LogP contribution < -0.4 is 10.6 Å². The smallest absolute Gasteiger partial charge is 0.228 e. The second-order valence-corrected chi connectivity index (χ2v) is 5.08. The minimum Gasteiger partial charge on any atom is -0.356 e. The fourth-order valence-electron chi connectivity index (χ4n) is 1.69. The average molecular weight is 281 g/mol. The van der Waals surface area contributed by atoms with Crippen molar-refractivity contribution in [3.63, 3.8) is 0 Å². The van der Waals surface area contributed by atoms with Crippen molar-refractivity contribution < 1.29 is 4.52 Å². The van der Waals surface area contributed by atoms with Crippen molar-refractivity contribution in [2.75, 3.05) is 20.1 Å². The number of hydrogen-bond acceptors (Lipinski definition) is 4. The molecular weight excluding hydrogens is 254 g/mol. The highest BCUT2D eigenvalue weighted by Crippen LogP contribution is 2.09. The first-order valence-corrected chi connectivity index (χ1v) is 7.44. The summed E-state index contributed by atoms with van der Waals surface area (Å²) in [4.78, 5) is 8.52. The minimum atomic E-state index is 0.299. The van der Waals surface area contributed by atoms with Crippen LogP contribution >= 0.6 is 0 Å². The summed E-state index contributed by atoms with van der Waals surface area (Å²) in [5, 5.41) is 10.5. The van der Waals surface area contributed by atoms with Gasteiger partial charge in [0.15, 0.2) is 11.8 Å². The first kappa shape index (κ1) is 16.5. The summed E-state index contributed by atoms with van der Waals surface area (Å²) in [5.41, 5.74) is 0. The zero-order valence-corrected chi connectivity index (χ0v) is 13.1. The summed E-state index contributed by atoms with van der Waals surface area (Å²) in [6.07, 6.45) is 4.33. The summed E-state index contributed by atoms with van der Waals surface area (Å²) in [6, 6.07) is 0. The van der Waals surface area contributed by atoms with Gasteiger partial charge in [0.05, 0.1) is 0 Å². The summed E-state index contributed by atoms with van der Waals surface area (Å²) in [6.45, 7) is 7.98. The number of aliphatic imine (C=N–C) groups is 1. The topological polar surface area (TPSA) is 75.3 Å². The molecule has 0 aliphatic heterocycles. The Morgan fingerprint density at radius 1 is 1.25 bits per heavy atom. The Morgan fingerprint density at radius 2 is 2.00 bits per heavy atom. The van der Waals surface area contributed by atoms with Gasteiger partial charge in [0, 0.05) is 32.5 Å². The van der Waals surface area contributed by atoms with Crippen molar-refractivity contribution in [1.82, 2.24) is 20.8 Å². The van der Waals surface area contributed by atoms with Crippen LogP contribution in [0.15, 0.2) is 9.52 Å². The lowest BCUT2D eigenvalue weighted by Crippen LogP contribution is -2.38. The van der Waals surface area contributed by atoms with Crippen molar-refractivity contribution >= 4 is 5.96 Å². The van der Waals surface area contributed by atoms with Crippen molar-refractivity contribution in [2.24, 2.45) is 4.99 Å². The Morgan fingerprint density at radius 3 is 2.60 bits per heavy atom. The second kappa shape index (κ2) is 9.34. The lowest BCUT2D eigenvalue weighted by molar-refractivity contribution is 0.371. The van der Waals surface area contributed by atoms with Crippen molar-refractivity contribution in [3.8, 4) is 0 Å². The van der Waals surface area contributed by atoms with Gasteiger partial charge in [-0.15, -0.1) is 0 Å². The SMILES string of the molecule is CCCCCNC(=NC)NCCc1nc(C(C)C)no1. The molecule has 1 heterocycles. The molecule has 0 aliphatic rings. The molecule has 0 saturated heterocycles. The average Bonchev–Trinajstić information content (AvgIpc) is 2.90. The fourth-order valence-corrected chi connectivity index (χ4v) is 1.69. The van der Waals surface area contributed by atoms with E-state index in [1.54, 1.807) is 7.05 Å². The highest BCUT2D eigenvalue weighted by Gasteiger charge is 2.09. The number of unbranched alkanes of at least 4 members (excludes halogenated alkanes) is 2. The van der Waals surface area contributed by atoms with Crippen molar-refractivity contribution in [3.05, 3.63) is 11.7 Å². The lowest BCUT2D eigenvalue weighted by atomic mass is 10.2. The van der Waals surface area contributed by atoms with E-state index in [1.165, 1.54) is 19.3 Å². The molecule has 0 aromatic carbocycles. The first-order valence-electron chi connectivity index (χ1n) is 7.44. The van der Waals surface area contributed by atoms with Gasteiger partial charge in [-0.05, 0) is 6.42 Å². The molecule has 1 aromatic heterocycles. The van der Waals surface area contributed by atoms with Crippen LogP contribution in [0.25, 0.3) is 0 Å². The van der Waals surface area contributed by atoms with Gasteiger partial charge in [0.25, 0.3) is 0 Å². The number of nitrogens with zero attached hydrogens (tertiary/aromatic N) is 3. The Bertz CT molecular complexity index is 400. The van der Waals surface area contributed by atoms with E-state index in [2.05, 4.69) is 46.5 Å². The molecule has 0 amide bonds. The number of aromatic nitrogens is 2. The van der Waals surface area contributed by atoms with Crippen LogP contribution in [-0.2, 0) is 6.42 Å². The Hall–Kier alpha value is -1.59. The van der Waals surface area contributed by atoms with Crippen LogP contribution in [0.1, 0.15) is 57.7 Å². The van der Waals surface area contributed by atoms with Crippen LogP contribution in [0.2, 0.25) is 0 Å². The largest absolute Gasteiger partial charge is 0.356 e. The molecule has 0 bridgehead atoms. The third kappa shape index (κ3) is 6.04. The molecule has 0 spiro atoms. The highest BCUT2D eigenvalue weighted by molar-refractivity contribution is 5.79. The van der Waals surface area contributed by atoms with Crippen LogP contribution in [0.4, 0.5) is 0 Å². The molecule has 114 valence electrons. The van der Waals surface area contributed by atoms with Gasteiger partial charge in [-0.2, -0.15) is 4.98 Å². The molecule has 0 radical (unpaired) electrons. The molecule has 0 atom stereocenters. The van der Waals surface area contributed by atoms with Crippen LogP contribution in [0.3, 0.4) is 0 Å². The molecular formula is C14H27N5O. The van der Waals surface area contributed by atoms with E-state index < -0.39 is 0 Å². The van der Waals surface area contributed by atoms with Gasteiger partial charge >= 0.3 is 0 Å². The maximum Gasteiger partial charge on any atom is 0.228 e. The number of hydrogen-bond donors (Lipinski definition) is 2. The molecule has 6 nitrogen and oxygen atoms in total. The molecule has 0 unspecified atom stereocenters. The number of rotatable bonds is 8. The Labute approximate surface area is 121 Å². The van der Waals surface area contributed by atoms with Crippen LogP contribution in [0, 0.1) is 0 Å². The summed E-state index contributed by atoms with van der Waals surface area (Å²) >= 11 is 0. The fraction of sp³-hybridized carbons (Fsp3) is 0.786. The third-order valence-electron chi connectivity index (χ3n) is 2.93. The van der Waals surface area contributed by atoms with E-state index in [9.17, 15) is 0 Å². The minimum absolute atomic E-state index is 0.299. The van der Waals surface area contributed by atoms with Gasteiger partial charge < -0.3 is 15.2 Å². The normalized spacial score (nSPS) is 11.9. The van der Waals surface area contributed by atoms with Crippen LogP contribution in [-0.4, -0.2) is 36.2 Å². The van der Waals surface area contributed by atoms with Gasteiger partial charge in [-0.1, -0.05) is 38.8 Å². The molecule has 20 heavy (non-hydrogen) atoms. The molecule has 6 heteroatoms. The Kier molecular flexibility index (Phi) is 7.69. The molecule has 2 N–H and O–H groups in total. The summed E-state index contributed by atoms with van der Waals surface area (Å²) in [7, 11) is 1.78. The van der Waals surface area contributed by atoms with E-state index in [4.69, 9.17) is 4.52 Å². The van der Waals surface area contributed by atoms with E-state index >= 15 is 0 Å². The Balaban J connectivity index is 2.23. The number of nitrogens with one attached hydrogen (secondary N) is 2. The quantitative estimate of drug-likeness (QED) is 0.433.